The summed E-state index contributed by atoms with van der Waals surface area (Å²) in [5.74, 6) is 0.898. The SMILES string of the molecule is CC1CCC(CO)(Nc2ccc(F)cc2)C(C)C1. The van der Waals surface area contributed by atoms with Crippen LogP contribution in [0.15, 0.2) is 24.3 Å². The second-order valence-corrected chi connectivity index (χ2v) is 5.73. The molecule has 1 saturated carbocycles. The van der Waals surface area contributed by atoms with Gasteiger partial charge in [-0.1, -0.05) is 13.8 Å². The lowest BCUT2D eigenvalue weighted by Gasteiger charge is -2.45. The van der Waals surface area contributed by atoms with Crippen molar-refractivity contribution in [2.24, 2.45) is 11.8 Å². The normalized spacial score (nSPS) is 32.2. The van der Waals surface area contributed by atoms with Gasteiger partial charge in [-0.25, -0.2) is 4.39 Å². The number of anilines is 1. The molecule has 0 aromatic heterocycles. The summed E-state index contributed by atoms with van der Waals surface area (Å²) in [6.07, 6.45) is 3.21. The van der Waals surface area contributed by atoms with E-state index in [9.17, 15) is 9.50 Å². The molecule has 1 aromatic rings. The van der Waals surface area contributed by atoms with Gasteiger partial charge in [-0.3, -0.25) is 0 Å². The standard InChI is InChI=1S/C15H22FNO/c1-11-7-8-15(10-18,12(2)9-11)17-14-5-3-13(16)4-6-14/h3-6,11-12,17-18H,7-10H2,1-2H3. The second-order valence-electron chi connectivity index (χ2n) is 5.73. The van der Waals surface area contributed by atoms with Crippen molar-refractivity contribution in [1.82, 2.24) is 0 Å². The molecule has 0 bridgehead atoms. The van der Waals surface area contributed by atoms with Gasteiger partial charge >= 0.3 is 0 Å². The van der Waals surface area contributed by atoms with Crippen LogP contribution in [0.4, 0.5) is 10.1 Å². The molecule has 0 heterocycles. The second kappa shape index (κ2) is 5.27. The lowest BCUT2D eigenvalue weighted by Crippen LogP contribution is -2.51. The van der Waals surface area contributed by atoms with E-state index in [4.69, 9.17) is 0 Å². The molecule has 0 aliphatic heterocycles. The predicted molar refractivity (Wildman–Crippen MR) is 72.0 cm³/mol. The maximum absolute atomic E-state index is 12.9. The van der Waals surface area contributed by atoms with Crippen LogP contribution in [0.3, 0.4) is 0 Å². The molecule has 18 heavy (non-hydrogen) atoms. The van der Waals surface area contributed by atoms with E-state index in [0.29, 0.717) is 5.92 Å². The van der Waals surface area contributed by atoms with Crippen molar-refractivity contribution in [3.8, 4) is 0 Å². The van der Waals surface area contributed by atoms with Crippen LogP contribution in [-0.2, 0) is 0 Å². The summed E-state index contributed by atoms with van der Waals surface area (Å²) in [5.41, 5.74) is 0.622. The summed E-state index contributed by atoms with van der Waals surface area (Å²) in [7, 11) is 0. The first kappa shape index (κ1) is 13.3. The van der Waals surface area contributed by atoms with Gasteiger partial charge in [-0.05, 0) is 55.4 Å². The minimum Gasteiger partial charge on any atom is -0.394 e. The van der Waals surface area contributed by atoms with Gasteiger partial charge in [0.25, 0.3) is 0 Å². The van der Waals surface area contributed by atoms with E-state index < -0.39 is 0 Å². The van der Waals surface area contributed by atoms with Gasteiger partial charge in [-0.2, -0.15) is 0 Å². The molecule has 1 aliphatic rings. The molecule has 1 aromatic carbocycles. The number of aliphatic hydroxyl groups is 1. The van der Waals surface area contributed by atoms with E-state index in [1.807, 2.05) is 0 Å². The van der Waals surface area contributed by atoms with E-state index >= 15 is 0 Å². The largest absolute Gasteiger partial charge is 0.394 e. The first-order chi connectivity index (χ1) is 8.55. The third-order valence-corrected chi connectivity index (χ3v) is 4.30. The fourth-order valence-electron chi connectivity index (χ4n) is 2.98. The first-order valence-electron chi connectivity index (χ1n) is 6.70. The Morgan fingerprint density at radius 3 is 2.56 bits per heavy atom. The fraction of sp³-hybridized carbons (Fsp3) is 0.600. The summed E-state index contributed by atoms with van der Waals surface area (Å²) in [6.45, 7) is 4.57. The Balaban J connectivity index is 2.15. The van der Waals surface area contributed by atoms with Gasteiger partial charge in [0.05, 0.1) is 12.1 Å². The summed E-state index contributed by atoms with van der Waals surface area (Å²) < 4.78 is 12.9. The molecule has 3 atom stereocenters. The van der Waals surface area contributed by atoms with Crippen LogP contribution < -0.4 is 5.32 Å². The fourth-order valence-corrected chi connectivity index (χ4v) is 2.98. The first-order valence-corrected chi connectivity index (χ1v) is 6.70. The highest BCUT2D eigenvalue weighted by Crippen LogP contribution is 2.38. The van der Waals surface area contributed by atoms with Crippen molar-refractivity contribution in [3.05, 3.63) is 30.1 Å². The zero-order chi connectivity index (χ0) is 13.2. The molecular weight excluding hydrogens is 229 g/mol. The summed E-state index contributed by atoms with van der Waals surface area (Å²) in [5, 5.41) is 13.2. The van der Waals surface area contributed by atoms with Gasteiger partial charge in [0.1, 0.15) is 5.82 Å². The highest BCUT2D eigenvalue weighted by atomic mass is 19.1. The molecule has 2 N–H and O–H groups in total. The Kier molecular flexibility index (Phi) is 3.91. The molecule has 0 spiro atoms. The zero-order valence-electron chi connectivity index (χ0n) is 11.1. The van der Waals surface area contributed by atoms with Crippen molar-refractivity contribution in [1.29, 1.82) is 0 Å². The topological polar surface area (TPSA) is 32.3 Å². The Hall–Kier alpha value is -1.09. The summed E-state index contributed by atoms with van der Waals surface area (Å²) in [4.78, 5) is 0. The van der Waals surface area contributed by atoms with Crippen LogP contribution in [0.25, 0.3) is 0 Å². The quantitative estimate of drug-likeness (QED) is 0.862. The van der Waals surface area contributed by atoms with Crippen LogP contribution in [0.1, 0.15) is 33.1 Å². The molecule has 1 fully saturated rings. The highest BCUT2D eigenvalue weighted by Gasteiger charge is 2.39. The molecule has 3 heteroatoms. The maximum Gasteiger partial charge on any atom is 0.123 e. The lowest BCUT2D eigenvalue weighted by atomic mass is 9.70. The molecule has 0 radical (unpaired) electrons. The van der Waals surface area contributed by atoms with Crippen molar-refractivity contribution in [2.75, 3.05) is 11.9 Å². The number of rotatable bonds is 3. The third-order valence-electron chi connectivity index (χ3n) is 4.30. The number of halogens is 1. The highest BCUT2D eigenvalue weighted by molar-refractivity contribution is 5.46. The van der Waals surface area contributed by atoms with Crippen LogP contribution in [0, 0.1) is 17.7 Å². The van der Waals surface area contributed by atoms with E-state index in [2.05, 4.69) is 19.2 Å². The maximum atomic E-state index is 12.9. The number of hydrogen-bond acceptors (Lipinski definition) is 2. The minimum atomic E-state index is -0.260. The number of nitrogens with one attached hydrogen (secondary N) is 1. The summed E-state index contributed by atoms with van der Waals surface area (Å²) in [6, 6.07) is 6.36. The number of aliphatic hydroxyl groups excluding tert-OH is 1. The molecular formula is C15H22FNO. The average Bonchev–Trinajstić information content (AvgIpc) is 2.36. The van der Waals surface area contributed by atoms with E-state index in [-0.39, 0.29) is 18.0 Å². The van der Waals surface area contributed by atoms with E-state index in [0.717, 1.165) is 30.9 Å². The molecule has 0 amide bonds. The third kappa shape index (κ3) is 2.66. The minimum absolute atomic E-state index is 0.123. The Bertz CT molecular complexity index is 392. The van der Waals surface area contributed by atoms with E-state index in [1.54, 1.807) is 12.1 Å². The number of benzene rings is 1. The average molecular weight is 251 g/mol. The smallest absolute Gasteiger partial charge is 0.123 e. The van der Waals surface area contributed by atoms with Crippen LogP contribution in [0.5, 0.6) is 0 Å². The zero-order valence-corrected chi connectivity index (χ0v) is 11.1. The lowest BCUT2D eigenvalue weighted by molar-refractivity contribution is 0.106. The van der Waals surface area contributed by atoms with Crippen molar-refractivity contribution in [3.63, 3.8) is 0 Å². The predicted octanol–water partition coefficient (Wildman–Crippen LogP) is 3.42. The molecule has 3 unspecified atom stereocenters. The molecule has 0 saturated heterocycles. The molecule has 100 valence electrons. The molecule has 1 aliphatic carbocycles. The van der Waals surface area contributed by atoms with Crippen LogP contribution in [0.2, 0.25) is 0 Å². The van der Waals surface area contributed by atoms with Gasteiger partial charge in [0.15, 0.2) is 0 Å². The Morgan fingerprint density at radius 2 is 2.00 bits per heavy atom. The van der Waals surface area contributed by atoms with Crippen LogP contribution in [-0.4, -0.2) is 17.3 Å². The van der Waals surface area contributed by atoms with Crippen molar-refractivity contribution >= 4 is 5.69 Å². The van der Waals surface area contributed by atoms with E-state index in [1.165, 1.54) is 12.1 Å². The van der Waals surface area contributed by atoms with Crippen molar-refractivity contribution < 1.29 is 9.50 Å². The van der Waals surface area contributed by atoms with Gasteiger partial charge in [-0.15, -0.1) is 0 Å². The monoisotopic (exact) mass is 251 g/mol. The number of hydrogen-bond donors (Lipinski definition) is 2. The van der Waals surface area contributed by atoms with Crippen LogP contribution >= 0.6 is 0 Å². The molecule has 2 nitrogen and oxygen atoms in total. The van der Waals surface area contributed by atoms with Gasteiger partial charge in [0, 0.05) is 5.69 Å². The van der Waals surface area contributed by atoms with Gasteiger partial charge < -0.3 is 10.4 Å². The Morgan fingerprint density at radius 1 is 1.33 bits per heavy atom. The summed E-state index contributed by atoms with van der Waals surface area (Å²) >= 11 is 0. The Labute approximate surface area is 108 Å². The molecule has 2 rings (SSSR count). The van der Waals surface area contributed by atoms with Gasteiger partial charge in [0.2, 0.25) is 0 Å². The van der Waals surface area contributed by atoms with Crippen molar-refractivity contribution in [2.45, 2.75) is 38.6 Å².